The molecule has 1 aliphatic rings. The SMILES string of the molecule is CC(=O)Nc1ccc(Nc2ccc(C(=O)Nc3ccc4c(c3)OCO4)nn2)cc1. The zero-order valence-electron chi connectivity index (χ0n) is 15.4. The summed E-state index contributed by atoms with van der Waals surface area (Å²) in [5.74, 6) is 1.19. The molecular weight excluding hydrogens is 374 g/mol. The molecule has 1 aliphatic heterocycles. The summed E-state index contributed by atoms with van der Waals surface area (Å²) in [6.07, 6.45) is 0. The number of nitrogens with one attached hydrogen (secondary N) is 3. The van der Waals surface area contributed by atoms with Crippen LogP contribution in [-0.4, -0.2) is 28.8 Å². The number of nitrogens with zero attached hydrogens (tertiary/aromatic N) is 2. The molecule has 146 valence electrons. The van der Waals surface area contributed by atoms with Gasteiger partial charge in [-0.15, -0.1) is 10.2 Å². The monoisotopic (exact) mass is 391 g/mol. The van der Waals surface area contributed by atoms with Gasteiger partial charge >= 0.3 is 0 Å². The summed E-state index contributed by atoms with van der Waals surface area (Å²) in [6.45, 7) is 1.62. The molecule has 2 heterocycles. The molecule has 0 spiro atoms. The fraction of sp³-hybridized carbons (Fsp3) is 0.100. The van der Waals surface area contributed by atoms with Crippen molar-refractivity contribution in [2.24, 2.45) is 0 Å². The van der Waals surface area contributed by atoms with Gasteiger partial charge in [0.05, 0.1) is 0 Å². The summed E-state index contributed by atoms with van der Waals surface area (Å²) >= 11 is 0. The molecular formula is C20H17N5O4. The Labute approximate surface area is 166 Å². The lowest BCUT2D eigenvalue weighted by atomic mass is 10.2. The van der Waals surface area contributed by atoms with Crippen molar-refractivity contribution in [2.45, 2.75) is 6.92 Å². The number of hydrogen-bond acceptors (Lipinski definition) is 7. The first-order chi connectivity index (χ1) is 14.1. The van der Waals surface area contributed by atoms with E-state index in [1.807, 2.05) is 0 Å². The first-order valence-electron chi connectivity index (χ1n) is 8.76. The molecule has 9 nitrogen and oxygen atoms in total. The minimum absolute atomic E-state index is 0.133. The molecule has 0 saturated heterocycles. The molecule has 0 unspecified atom stereocenters. The molecule has 2 aromatic carbocycles. The van der Waals surface area contributed by atoms with Crippen LogP contribution in [-0.2, 0) is 4.79 Å². The van der Waals surface area contributed by atoms with Crippen molar-refractivity contribution >= 4 is 34.7 Å². The van der Waals surface area contributed by atoms with Crippen molar-refractivity contribution in [3.05, 3.63) is 60.3 Å². The normalized spacial score (nSPS) is 11.6. The van der Waals surface area contributed by atoms with Crippen LogP contribution in [0.2, 0.25) is 0 Å². The number of rotatable bonds is 5. The van der Waals surface area contributed by atoms with Crippen LogP contribution in [0.1, 0.15) is 17.4 Å². The molecule has 1 aromatic heterocycles. The third-order valence-corrected chi connectivity index (χ3v) is 4.01. The number of hydrogen-bond donors (Lipinski definition) is 3. The lowest BCUT2D eigenvalue weighted by Crippen LogP contribution is -2.14. The molecule has 9 heteroatoms. The van der Waals surface area contributed by atoms with E-state index in [1.54, 1.807) is 54.6 Å². The number of ether oxygens (including phenoxy) is 2. The fourth-order valence-electron chi connectivity index (χ4n) is 2.68. The summed E-state index contributed by atoms with van der Waals surface area (Å²) < 4.78 is 10.5. The summed E-state index contributed by atoms with van der Waals surface area (Å²) in [5, 5.41) is 16.5. The maximum absolute atomic E-state index is 12.4. The van der Waals surface area contributed by atoms with Crippen LogP contribution in [0.25, 0.3) is 0 Å². The smallest absolute Gasteiger partial charge is 0.276 e. The Morgan fingerprint density at radius 2 is 1.55 bits per heavy atom. The van der Waals surface area contributed by atoms with Gasteiger partial charge in [0.2, 0.25) is 12.7 Å². The lowest BCUT2D eigenvalue weighted by Gasteiger charge is -2.08. The topological polar surface area (TPSA) is 114 Å². The van der Waals surface area contributed by atoms with Crippen LogP contribution in [0.15, 0.2) is 54.6 Å². The number of anilines is 4. The summed E-state index contributed by atoms with van der Waals surface area (Å²) in [5.41, 5.74) is 2.22. The number of aromatic nitrogens is 2. The van der Waals surface area contributed by atoms with E-state index in [0.717, 1.165) is 5.69 Å². The Morgan fingerprint density at radius 1 is 0.828 bits per heavy atom. The molecule has 4 rings (SSSR count). The number of carbonyl (C=O) groups excluding carboxylic acids is 2. The Hall–Kier alpha value is -4.14. The van der Waals surface area contributed by atoms with Crippen LogP contribution in [0.4, 0.5) is 22.9 Å². The number of fused-ring (bicyclic) bond motifs is 1. The third-order valence-electron chi connectivity index (χ3n) is 4.01. The van der Waals surface area contributed by atoms with E-state index in [1.165, 1.54) is 6.92 Å². The molecule has 0 bridgehead atoms. The van der Waals surface area contributed by atoms with Crippen LogP contribution in [0.5, 0.6) is 11.5 Å². The van der Waals surface area contributed by atoms with E-state index in [9.17, 15) is 9.59 Å². The molecule has 0 aliphatic carbocycles. The van der Waals surface area contributed by atoms with Crippen molar-refractivity contribution in [2.75, 3.05) is 22.7 Å². The average molecular weight is 391 g/mol. The molecule has 0 atom stereocenters. The molecule has 0 fully saturated rings. The number of carbonyl (C=O) groups is 2. The second-order valence-electron chi connectivity index (χ2n) is 6.21. The first kappa shape index (κ1) is 18.2. The van der Waals surface area contributed by atoms with Crippen molar-refractivity contribution in [1.29, 1.82) is 0 Å². The average Bonchev–Trinajstić information content (AvgIpc) is 3.17. The van der Waals surface area contributed by atoms with E-state index in [0.29, 0.717) is 28.7 Å². The summed E-state index contributed by atoms with van der Waals surface area (Å²) in [6, 6.07) is 15.5. The van der Waals surface area contributed by atoms with Gasteiger partial charge in [-0.2, -0.15) is 0 Å². The van der Waals surface area contributed by atoms with Gasteiger partial charge in [-0.25, -0.2) is 0 Å². The van der Waals surface area contributed by atoms with Gasteiger partial charge < -0.3 is 25.4 Å². The van der Waals surface area contributed by atoms with E-state index < -0.39 is 0 Å². The second kappa shape index (κ2) is 7.85. The molecule has 3 N–H and O–H groups in total. The molecule has 0 radical (unpaired) electrons. The van der Waals surface area contributed by atoms with E-state index in [4.69, 9.17) is 9.47 Å². The highest BCUT2D eigenvalue weighted by Crippen LogP contribution is 2.34. The van der Waals surface area contributed by atoms with Gasteiger partial charge in [-0.05, 0) is 48.5 Å². The van der Waals surface area contributed by atoms with Crippen LogP contribution < -0.4 is 25.4 Å². The Kier molecular flexibility index (Phi) is 4.93. The van der Waals surface area contributed by atoms with Gasteiger partial charge in [0.25, 0.3) is 5.91 Å². The van der Waals surface area contributed by atoms with Crippen molar-refractivity contribution in [3.63, 3.8) is 0 Å². The highest BCUT2D eigenvalue weighted by molar-refractivity contribution is 6.03. The first-order valence-corrected chi connectivity index (χ1v) is 8.76. The Morgan fingerprint density at radius 3 is 2.28 bits per heavy atom. The van der Waals surface area contributed by atoms with Crippen molar-refractivity contribution < 1.29 is 19.1 Å². The van der Waals surface area contributed by atoms with E-state index in [-0.39, 0.29) is 24.3 Å². The minimum Gasteiger partial charge on any atom is -0.454 e. The highest BCUT2D eigenvalue weighted by atomic mass is 16.7. The second-order valence-corrected chi connectivity index (χ2v) is 6.21. The van der Waals surface area contributed by atoms with E-state index in [2.05, 4.69) is 26.1 Å². The van der Waals surface area contributed by atoms with Gasteiger partial charge in [-0.3, -0.25) is 9.59 Å². The van der Waals surface area contributed by atoms with Gasteiger partial charge in [0.1, 0.15) is 0 Å². The van der Waals surface area contributed by atoms with E-state index >= 15 is 0 Å². The summed E-state index contributed by atoms with van der Waals surface area (Å²) in [4.78, 5) is 23.4. The van der Waals surface area contributed by atoms with Crippen LogP contribution >= 0.6 is 0 Å². The largest absolute Gasteiger partial charge is 0.454 e. The molecule has 29 heavy (non-hydrogen) atoms. The molecule has 2 amide bonds. The van der Waals surface area contributed by atoms with Crippen LogP contribution in [0, 0.1) is 0 Å². The van der Waals surface area contributed by atoms with Gasteiger partial charge in [0, 0.05) is 30.1 Å². The number of amides is 2. The van der Waals surface area contributed by atoms with Crippen LogP contribution in [0.3, 0.4) is 0 Å². The predicted molar refractivity (Wildman–Crippen MR) is 107 cm³/mol. The maximum atomic E-state index is 12.4. The third kappa shape index (κ3) is 4.41. The predicted octanol–water partition coefficient (Wildman–Crippen LogP) is 3.16. The highest BCUT2D eigenvalue weighted by Gasteiger charge is 2.15. The van der Waals surface area contributed by atoms with Crippen molar-refractivity contribution in [3.8, 4) is 11.5 Å². The number of benzene rings is 2. The van der Waals surface area contributed by atoms with Gasteiger partial charge in [0.15, 0.2) is 23.0 Å². The molecule has 0 saturated carbocycles. The lowest BCUT2D eigenvalue weighted by molar-refractivity contribution is -0.114. The standard InChI is InChI=1S/C20H17N5O4/c1-12(26)21-13-2-4-14(5-3-13)22-19-9-7-16(24-25-19)20(27)23-15-6-8-17-18(10-15)29-11-28-17/h2-10H,11H2,1H3,(H,21,26)(H,22,25)(H,23,27). The quantitative estimate of drug-likeness (QED) is 0.612. The minimum atomic E-state index is -0.387. The van der Waals surface area contributed by atoms with Crippen molar-refractivity contribution in [1.82, 2.24) is 10.2 Å². The summed E-state index contributed by atoms with van der Waals surface area (Å²) in [7, 11) is 0. The Balaban J connectivity index is 1.38. The van der Waals surface area contributed by atoms with Gasteiger partial charge in [-0.1, -0.05) is 0 Å². The maximum Gasteiger partial charge on any atom is 0.276 e. The molecule has 3 aromatic rings. The fourth-order valence-corrected chi connectivity index (χ4v) is 2.68. The Bertz CT molecular complexity index is 1050. The zero-order chi connectivity index (χ0) is 20.2. The zero-order valence-corrected chi connectivity index (χ0v) is 15.4.